The first kappa shape index (κ1) is 90.8. The summed E-state index contributed by atoms with van der Waals surface area (Å²) in [6.07, 6.45) is 24.7. The van der Waals surface area contributed by atoms with Crippen LogP contribution in [0.3, 0.4) is 0 Å². The van der Waals surface area contributed by atoms with E-state index >= 15 is 0 Å². The lowest BCUT2D eigenvalue weighted by Crippen LogP contribution is -2.26. The van der Waals surface area contributed by atoms with Crippen molar-refractivity contribution in [2.75, 3.05) is 0 Å². The second-order valence-electron chi connectivity index (χ2n) is 42.3. The van der Waals surface area contributed by atoms with E-state index in [1.54, 1.807) is 11.1 Å². The van der Waals surface area contributed by atoms with E-state index in [1.807, 2.05) is 90.7 Å². The van der Waals surface area contributed by atoms with Crippen molar-refractivity contribution in [3.8, 4) is 123 Å². The van der Waals surface area contributed by atoms with Crippen molar-refractivity contribution >= 4 is 134 Å². The fourth-order valence-corrected chi connectivity index (χ4v) is 30.3. The van der Waals surface area contributed by atoms with E-state index in [0.29, 0.717) is 0 Å². The Labute approximate surface area is 817 Å². The summed E-state index contributed by atoms with van der Waals surface area (Å²) in [6, 6.07) is 97.4. The van der Waals surface area contributed by atoms with Gasteiger partial charge in [-0.25, -0.2) is 0 Å². The highest BCUT2D eigenvalue weighted by Crippen LogP contribution is 2.60. The van der Waals surface area contributed by atoms with Crippen LogP contribution in [0.2, 0.25) is 0 Å². The number of benzene rings is 8. The van der Waals surface area contributed by atoms with Crippen LogP contribution in [-0.2, 0) is 32.5 Å². The van der Waals surface area contributed by atoms with E-state index in [2.05, 4.69) is 363 Å². The minimum atomic E-state index is -0.0811. The van der Waals surface area contributed by atoms with Crippen LogP contribution in [0.4, 0.5) is 0 Å². The molecular formula is C122H128N2S8. The van der Waals surface area contributed by atoms with Gasteiger partial charge in [0.15, 0.2) is 0 Å². The lowest BCUT2D eigenvalue weighted by molar-refractivity contribution is 0.401. The van der Waals surface area contributed by atoms with Crippen molar-refractivity contribution in [1.29, 1.82) is 0 Å². The molecule has 2 nitrogen and oxygen atoms in total. The lowest BCUT2D eigenvalue weighted by Gasteiger charge is -2.33. The lowest BCUT2D eigenvalue weighted by atomic mass is 9.70. The molecule has 0 radical (unpaired) electrons. The van der Waals surface area contributed by atoms with Crippen LogP contribution in [0.15, 0.2) is 243 Å². The summed E-state index contributed by atoms with van der Waals surface area (Å²) in [5.74, 6) is 0. The van der Waals surface area contributed by atoms with E-state index in [0.717, 1.165) is 0 Å². The highest BCUT2D eigenvalue weighted by Gasteiger charge is 2.45. The van der Waals surface area contributed by atoms with Gasteiger partial charge in [-0.1, -0.05) is 274 Å². The van der Waals surface area contributed by atoms with Crippen molar-refractivity contribution in [1.82, 2.24) is 9.13 Å². The zero-order chi connectivity index (χ0) is 91.3. The average molecular weight is 1880 g/mol. The molecule has 18 aromatic rings. The SMILES string of the molecule is CCCCCCC1(CCCCCC)c2cc(-c3ccc(-c4ccc(-c5ccc(-c6ccc(-c7ccc(-c8ccc(-c9ccc(-c%10ccc(-c%11ccc%12c(c%11)C(CCCCCC)(CCCCCC)c%11cc(-n%13c%14ccc(C(C)(C)C)cc%14c%14cc(C(C)(C)C)ccc%14%13)ccc%11-%12)s%10)s9)s8)s7)s6)s5)s4)s3)ccc2-c2ccc(-n3c4ccc(C(C)(C)C)cc4c4cc(C(C)(C)C)ccc43)cc21. The van der Waals surface area contributed by atoms with Crippen LogP contribution in [0.1, 0.15) is 284 Å². The third kappa shape index (κ3) is 17.1. The summed E-state index contributed by atoms with van der Waals surface area (Å²) < 4.78 is 5.20. The first-order valence-corrected chi connectivity index (χ1v) is 55.8. The number of hydrogen-bond donors (Lipinski definition) is 0. The first-order chi connectivity index (χ1) is 63.7. The van der Waals surface area contributed by atoms with E-state index in [4.69, 9.17) is 0 Å². The van der Waals surface area contributed by atoms with Crippen molar-refractivity contribution in [3.63, 3.8) is 0 Å². The van der Waals surface area contributed by atoms with E-state index in [-0.39, 0.29) is 32.5 Å². The quantitative estimate of drug-likeness (QED) is 0.0383. The molecule has 2 aliphatic rings. The zero-order valence-electron chi connectivity index (χ0n) is 80.4. The summed E-state index contributed by atoms with van der Waals surface area (Å²) in [5.41, 5.74) is 27.8. The van der Waals surface area contributed by atoms with Gasteiger partial charge in [-0.3, -0.25) is 0 Å². The molecule has 10 aromatic heterocycles. The van der Waals surface area contributed by atoms with Gasteiger partial charge in [-0.15, -0.1) is 90.7 Å². The Kier molecular flexibility index (Phi) is 25.1. The third-order valence-electron chi connectivity index (χ3n) is 29.1. The number of aromatic nitrogens is 2. The minimum Gasteiger partial charge on any atom is -0.309 e. The van der Waals surface area contributed by atoms with Crippen LogP contribution >= 0.6 is 90.7 Å². The Bertz CT molecular complexity index is 6690. The average Bonchev–Trinajstić information content (AvgIpc) is 1.55. The molecule has 0 N–H and O–H groups in total. The summed E-state index contributed by atoms with van der Waals surface area (Å²) in [7, 11) is 0. The van der Waals surface area contributed by atoms with Gasteiger partial charge in [-0.2, -0.15) is 0 Å². The normalized spacial score (nSPS) is 13.7. The Morgan fingerprint density at radius 2 is 0.409 bits per heavy atom. The monoisotopic (exact) mass is 1880 g/mol. The van der Waals surface area contributed by atoms with Crippen molar-refractivity contribution < 1.29 is 0 Å². The highest BCUT2D eigenvalue weighted by atomic mass is 32.1. The summed E-state index contributed by atoms with van der Waals surface area (Å²) in [4.78, 5) is 21.3. The van der Waals surface area contributed by atoms with E-state index < -0.39 is 0 Å². The zero-order valence-corrected chi connectivity index (χ0v) is 86.9. The number of thiophene rings is 8. The Morgan fingerprint density at radius 3 is 0.629 bits per heavy atom. The Balaban J connectivity index is 0.526. The third-order valence-corrected chi connectivity index (χ3v) is 39.3. The number of fused-ring (bicyclic) bond motifs is 12. The molecule has 8 aromatic carbocycles. The maximum Gasteiger partial charge on any atom is 0.0541 e. The molecule has 0 aliphatic heterocycles. The van der Waals surface area contributed by atoms with Gasteiger partial charge in [0.2, 0.25) is 0 Å². The molecule has 2 aliphatic carbocycles. The summed E-state index contributed by atoms with van der Waals surface area (Å²) in [6.45, 7) is 37.6. The first-order valence-electron chi connectivity index (χ1n) is 49.3. The predicted molar refractivity (Wildman–Crippen MR) is 589 cm³/mol. The number of unbranched alkanes of at least 4 members (excludes halogenated alkanes) is 12. The molecule has 0 saturated carbocycles. The van der Waals surface area contributed by atoms with Gasteiger partial charge < -0.3 is 9.13 Å². The molecule has 20 rings (SSSR count). The molecule has 0 unspecified atom stereocenters. The molecule has 132 heavy (non-hydrogen) atoms. The maximum absolute atomic E-state index is 2.65. The second-order valence-corrected chi connectivity index (χ2v) is 51.0. The topological polar surface area (TPSA) is 9.86 Å². The minimum absolute atomic E-state index is 0.0418. The molecule has 10 heteroatoms. The van der Waals surface area contributed by atoms with Gasteiger partial charge in [0, 0.05) is 122 Å². The number of rotatable bonds is 31. The fourth-order valence-electron chi connectivity index (χ4n) is 21.6. The Morgan fingerprint density at radius 1 is 0.205 bits per heavy atom. The maximum atomic E-state index is 2.65. The molecule has 0 atom stereocenters. The van der Waals surface area contributed by atoms with Crippen molar-refractivity contribution in [2.45, 2.75) is 272 Å². The van der Waals surface area contributed by atoms with Gasteiger partial charge in [-0.05, 0) is 307 Å². The fraction of sp³-hybridized carbons (Fsp3) is 0.344. The molecule has 10 heterocycles. The second kappa shape index (κ2) is 36.5. The molecule has 0 spiro atoms. The largest absolute Gasteiger partial charge is 0.309 e. The Hall–Kier alpha value is -9.04. The molecule has 0 bridgehead atoms. The highest BCUT2D eigenvalue weighted by molar-refractivity contribution is 7.32. The number of hydrogen-bond acceptors (Lipinski definition) is 8. The molecule has 0 fully saturated rings. The van der Waals surface area contributed by atoms with Gasteiger partial charge in [0.1, 0.15) is 0 Å². The summed E-state index contributed by atoms with van der Waals surface area (Å²) >= 11 is 15.5. The van der Waals surface area contributed by atoms with Crippen molar-refractivity contribution in [3.05, 3.63) is 287 Å². The standard InChI is InChI=1S/C122H128N2S8/c1-17-21-25-29-65-121(66-30-26-22-18-2)93-69-77(33-41-85(93)87-43-39-83(75-95(87)121)123-97-45-35-79(117(5,6)7)71-89(97)90-72-80(118(8,9)10)36-46-98(90)123)101-49-51-103(125-101)105-53-55-107(127-105)109-57-59-111(129-109)113-61-63-115(131-113)116-64-62-114(132-116)112-60-58-110(130-112)108-56-54-106(128-108)104-52-50-102(126-104)78-34-42-86-88-44-40-84(76-96(88)122(94(86)70-78,67-31-27-23-19-3)68-32-28-24-20-4)124-99-47-37-81(119(11,12)13)73-91(99)92-74-82(120(14,15)16)38-48-100(92)124/h33-64,69-76H,17-32,65-68H2,1-16H3. The molecular weight excluding hydrogens is 1750 g/mol. The van der Waals surface area contributed by atoms with Crippen LogP contribution < -0.4 is 0 Å². The number of nitrogens with zero attached hydrogens (tertiary/aromatic N) is 2. The van der Waals surface area contributed by atoms with Crippen LogP contribution in [0.25, 0.3) is 166 Å². The predicted octanol–water partition coefficient (Wildman–Crippen LogP) is 41.0. The van der Waals surface area contributed by atoms with E-state index in [9.17, 15) is 0 Å². The van der Waals surface area contributed by atoms with Gasteiger partial charge >= 0.3 is 0 Å². The summed E-state index contributed by atoms with van der Waals surface area (Å²) in [5, 5.41) is 5.39. The molecule has 0 amide bonds. The van der Waals surface area contributed by atoms with Crippen LogP contribution in [0.5, 0.6) is 0 Å². The van der Waals surface area contributed by atoms with Crippen LogP contribution in [0, 0.1) is 0 Å². The van der Waals surface area contributed by atoms with Gasteiger partial charge in [0.25, 0.3) is 0 Å². The smallest absolute Gasteiger partial charge is 0.0541 e. The van der Waals surface area contributed by atoms with Gasteiger partial charge in [0.05, 0.1) is 22.1 Å². The van der Waals surface area contributed by atoms with Crippen molar-refractivity contribution in [2.24, 2.45) is 0 Å². The van der Waals surface area contributed by atoms with E-state index in [1.165, 1.54) is 328 Å². The van der Waals surface area contributed by atoms with Crippen LogP contribution in [-0.4, -0.2) is 9.13 Å². The molecule has 0 saturated heterocycles. The molecule has 674 valence electrons.